The summed E-state index contributed by atoms with van der Waals surface area (Å²) in [5.41, 5.74) is 4.87. The van der Waals surface area contributed by atoms with E-state index in [0.29, 0.717) is 23.2 Å². The number of nitrogens with zero attached hydrogens (tertiary/aromatic N) is 1. The normalized spacial score (nSPS) is 21.4. The summed E-state index contributed by atoms with van der Waals surface area (Å²) in [5.74, 6) is 1.81. The second-order valence-electron chi connectivity index (χ2n) is 8.92. The summed E-state index contributed by atoms with van der Waals surface area (Å²) in [4.78, 5) is 18.1. The fourth-order valence-electron chi connectivity index (χ4n) is 4.65. The molecule has 0 spiro atoms. The average Bonchev–Trinajstić information content (AvgIpc) is 2.70. The predicted molar refractivity (Wildman–Crippen MR) is 124 cm³/mol. The molecule has 0 radical (unpaired) electrons. The Balaban J connectivity index is 1.67. The van der Waals surface area contributed by atoms with E-state index in [1.54, 1.807) is 0 Å². The number of aromatic nitrogens is 1. The van der Waals surface area contributed by atoms with Crippen LogP contribution >= 0.6 is 0 Å². The van der Waals surface area contributed by atoms with Crippen LogP contribution in [0.4, 0.5) is 11.5 Å². The van der Waals surface area contributed by atoms with Gasteiger partial charge in [-0.2, -0.15) is 0 Å². The number of rotatable bonds is 4. The number of nitrogens with one attached hydrogen (secondary N) is 2. The van der Waals surface area contributed by atoms with E-state index in [2.05, 4.69) is 56.5 Å². The Morgan fingerprint density at radius 1 is 1.00 bits per heavy atom. The Kier molecular flexibility index (Phi) is 5.76. The molecule has 0 aliphatic heterocycles. The molecular formula is C26H31N3O. The Morgan fingerprint density at radius 3 is 2.50 bits per heavy atom. The van der Waals surface area contributed by atoms with E-state index >= 15 is 0 Å². The Bertz CT molecular complexity index is 1050. The van der Waals surface area contributed by atoms with Crippen LogP contribution < -0.4 is 10.6 Å². The lowest BCUT2D eigenvalue weighted by molar-refractivity contribution is 0.0892. The highest BCUT2D eigenvalue weighted by Gasteiger charge is 2.29. The van der Waals surface area contributed by atoms with Crippen LogP contribution in [0, 0.1) is 25.7 Å². The van der Waals surface area contributed by atoms with Gasteiger partial charge in [-0.1, -0.05) is 51.0 Å². The highest BCUT2D eigenvalue weighted by Crippen LogP contribution is 2.30. The number of para-hydroxylation sites is 1. The number of anilines is 2. The summed E-state index contributed by atoms with van der Waals surface area (Å²) in [6.07, 6.45) is 3.47. The molecule has 3 aromatic rings. The van der Waals surface area contributed by atoms with Crippen molar-refractivity contribution in [2.24, 2.45) is 11.8 Å². The van der Waals surface area contributed by atoms with E-state index in [0.717, 1.165) is 23.0 Å². The number of carbonyl (C=O) groups excluding carboxylic acids is 1. The van der Waals surface area contributed by atoms with Crippen LogP contribution in [0.25, 0.3) is 10.9 Å². The van der Waals surface area contributed by atoms with E-state index in [9.17, 15) is 4.79 Å². The number of amides is 1. The minimum Gasteiger partial charge on any atom is -0.349 e. The van der Waals surface area contributed by atoms with E-state index in [4.69, 9.17) is 4.98 Å². The number of carbonyl (C=O) groups is 1. The third-order valence-corrected chi connectivity index (χ3v) is 6.48. The Hall–Kier alpha value is -2.88. The maximum Gasteiger partial charge on any atom is 0.252 e. The van der Waals surface area contributed by atoms with Gasteiger partial charge in [0.05, 0.1) is 11.1 Å². The van der Waals surface area contributed by atoms with Crippen molar-refractivity contribution in [1.29, 1.82) is 0 Å². The molecule has 1 heterocycles. The molecule has 3 atom stereocenters. The molecule has 1 aliphatic carbocycles. The number of pyridine rings is 1. The van der Waals surface area contributed by atoms with Crippen molar-refractivity contribution in [3.05, 3.63) is 65.2 Å². The fraction of sp³-hybridized carbons (Fsp3) is 0.385. The van der Waals surface area contributed by atoms with E-state index < -0.39 is 0 Å². The van der Waals surface area contributed by atoms with Gasteiger partial charge in [0, 0.05) is 17.1 Å². The molecule has 4 rings (SSSR count). The van der Waals surface area contributed by atoms with Gasteiger partial charge in [-0.25, -0.2) is 4.98 Å². The lowest BCUT2D eigenvalue weighted by Gasteiger charge is -2.34. The largest absolute Gasteiger partial charge is 0.349 e. The summed E-state index contributed by atoms with van der Waals surface area (Å²) in [5, 5.41) is 7.61. The summed E-state index contributed by atoms with van der Waals surface area (Å²) in [6, 6.07) is 16.3. The summed E-state index contributed by atoms with van der Waals surface area (Å²) < 4.78 is 0. The van der Waals surface area contributed by atoms with Gasteiger partial charge in [0.2, 0.25) is 0 Å². The molecule has 1 aromatic heterocycles. The zero-order chi connectivity index (χ0) is 21.3. The van der Waals surface area contributed by atoms with E-state index in [1.807, 2.05) is 30.3 Å². The fourth-order valence-corrected chi connectivity index (χ4v) is 4.65. The standard InChI is InChI=1S/C26H31N3O/c1-16-12-17(2)14-20(13-16)27-25-15-22(21-9-5-6-10-24(21)28-25)26(30)29-23-11-7-8-18(3)19(23)4/h5-6,9-10,12-15,18-19,23H,7-8,11H2,1-4H3,(H,27,28)(H,29,30)/t18-,19+,23-/m1/s1. The molecule has 1 amide bonds. The molecule has 4 heteroatoms. The zero-order valence-electron chi connectivity index (χ0n) is 18.3. The van der Waals surface area contributed by atoms with Crippen molar-refractivity contribution in [3.8, 4) is 0 Å². The average molecular weight is 402 g/mol. The molecule has 0 bridgehead atoms. The molecule has 4 nitrogen and oxygen atoms in total. The van der Waals surface area contributed by atoms with Crippen LogP contribution in [0.15, 0.2) is 48.5 Å². The van der Waals surface area contributed by atoms with Crippen LogP contribution in [0.1, 0.15) is 54.6 Å². The molecule has 1 saturated carbocycles. The van der Waals surface area contributed by atoms with Crippen LogP contribution in [-0.4, -0.2) is 16.9 Å². The lowest BCUT2D eigenvalue weighted by Crippen LogP contribution is -2.43. The maximum atomic E-state index is 13.3. The Labute approximate surface area is 179 Å². The summed E-state index contributed by atoms with van der Waals surface area (Å²) >= 11 is 0. The number of aryl methyl sites for hydroxylation is 2. The third kappa shape index (κ3) is 4.33. The van der Waals surface area contributed by atoms with Crippen molar-refractivity contribution in [2.45, 2.75) is 53.0 Å². The van der Waals surface area contributed by atoms with Gasteiger partial charge in [-0.05, 0) is 67.5 Å². The molecular weight excluding hydrogens is 370 g/mol. The zero-order valence-corrected chi connectivity index (χ0v) is 18.3. The molecule has 2 aromatic carbocycles. The van der Waals surface area contributed by atoms with Gasteiger partial charge in [0.1, 0.15) is 5.82 Å². The first kappa shape index (κ1) is 20.4. The monoisotopic (exact) mass is 401 g/mol. The van der Waals surface area contributed by atoms with E-state index in [1.165, 1.54) is 24.0 Å². The van der Waals surface area contributed by atoms with Crippen molar-refractivity contribution in [3.63, 3.8) is 0 Å². The van der Waals surface area contributed by atoms with Crippen molar-refractivity contribution >= 4 is 28.3 Å². The van der Waals surface area contributed by atoms with Crippen molar-refractivity contribution in [2.75, 3.05) is 5.32 Å². The minimum absolute atomic E-state index is 0.0111. The quantitative estimate of drug-likeness (QED) is 0.551. The number of fused-ring (bicyclic) bond motifs is 1. The predicted octanol–water partition coefficient (Wildman–Crippen LogP) is 6.15. The minimum atomic E-state index is -0.0111. The van der Waals surface area contributed by atoms with Gasteiger partial charge >= 0.3 is 0 Å². The topological polar surface area (TPSA) is 54.0 Å². The van der Waals surface area contributed by atoms with Gasteiger partial charge in [-0.3, -0.25) is 4.79 Å². The van der Waals surface area contributed by atoms with Gasteiger partial charge in [0.25, 0.3) is 5.91 Å². The highest BCUT2D eigenvalue weighted by molar-refractivity contribution is 6.07. The van der Waals surface area contributed by atoms with Gasteiger partial charge in [-0.15, -0.1) is 0 Å². The number of hydrogen-bond acceptors (Lipinski definition) is 3. The number of benzene rings is 2. The maximum absolute atomic E-state index is 13.3. The number of hydrogen-bond donors (Lipinski definition) is 2. The van der Waals surface area contributed by atoms with Crippen molar-refractivity contribution in [1.82, 2.24) is 10.3 Å². The summed E-state index contributed by atoms with van der Waals surface area (Å²) in [6.45, 7) is 8.71. The van der Waals surface area contributed by atoms with E-state index in [-0.39, 0.29) is 11.9 Å². The lowest BCUT2D eigenvalue weighted by atomic mass is 9.78. The second kappa shape index (κ2) is 8.47. The SMILES string of the molecule is Cc1cc(C)cc(Nc2cc(C(=O)N[C@@H]3CCC[C@@H](C)[C@@H]3C)c3ccccc3n2)c1. The van der Waals surface area contributed by atoms with Gasteiger partial charge < -0.3 is 10.6 Å². The molecule has 1 fully saturated rings. The molecule has 2 N–H and O–H groups in total. The summed E-state index contributed by atoms with van der Waals surface area (Å²) in [7, 11) is 0. The van der Waals surface area contributed by atoms with Crippen LogP contribution in [0.3, 0.4) is 0 Å². The molecule has 1 aliphatic rings. The van der Waals surface area contributed by atoms with Crippen LogP contribution in [-0.2, 0) is 0 Å². The molecule has 30 heavy (non-hydrogen) atoms. The van der Waals surface area contributed by atoms with Gasteiger partial charge in [0.15, 0.2) is 0 Å². The van der Waals surface area contributed by atoms with Crippen molar-refractivity contribution < 1.29 is 4.79 Å². The first-order chi connectivity index (χ1) is 14.4. The molecule has 0 unspecified atom stereocenters. The second-order valence-corrected chi connectivity index (χ2v) is 8.92. The smallest absolute Gasteiger partial charge is 0.252 e. The Morgan fingerprint density at radius 2 is 1.73 bits per heavy atom. The van der Waals surface area contributed by atoms with Crippen LogP contribution in [0.5, 0.6) is 0 Å². The molecule has 156 valence electrons. The first-order valence-corrected chi connectivity index (χ1v) is 11.0. The molecule has 0 saturated heterocycles. The highest BCUT2D eigenvalue weighted by atomic mass is 16.1. The third-order valence-electron chi connectivity index (χ3n) is 6.48. The van der Waals surface area contributed by atoms with Crippen LogP contribution in [0.2, 0.25) is 0 Å². The first-order valence-electron chi connectivity index (χ1n) is 11.0.